The first-order valence-corrected chi connectivity index (χ1v) is 9.51. The van der Waals surface area contributed by atoms with Crippen molar-refractivity contribution in [2.45, 2.75) is 44.4 Å². The van der Waals surface area contributed by atoms with Crippen LogP contribution in [0.25, 0.3) is 0 Å². The molecule has 142 valence electrons. The monoisotopic (exact) mass is 382 g/mol. The zero-order chi connectivity index (χ0) is 18.3. The van der Waals surface area contributed by atoms with E-state index in [0.29, 0.717) is 25.2 Å². The number of aliphatic hydroxyl groups is 1. The normalized spacial score (nSPS) is 29.5. The van der Waals surface area contributed by atoms with Crippen molar-refractivity contribution in [3.63, 3.8) is 0 Å². The summed E-state index contributed by atoms with van der Waals surface area (Å²) in [5.41, 5.74) is 0.105. The van der Waals surface area contributed by atoms with Crippen molar-refractivity contribution in [2.24, 2.45) is 11.8 Å². The lowest BCUT2D eigenvalue weighted by molar-refractivity contribution is 0.104. The number of amides is 1. The lowest BCUT2D eigenvalue weighted by atomic mass is 10.2. The molecule has 2 N–H and O–H groups in total. The third-order valence-corrected chi connectivity index (χ3v) is 5.96. The van der Waals surface area contributed by atoms with Gasteiger partial charge in [-0.3, -0.25) is 4.79 Å². The lowest BCUT2D eigenvalue weighted by Gasteiger charge is -2.20. The van der Waals surface area contributed by atoms with Crippen LogP contribution in [0.2, 0.25) is 5.02 Å². The van der Waals surface area contributed by atoms with E-state index in [1.807, 2.05) is 4.90 Å². The van der Waals surface area contributed by atoms with Gasteiger partial charge in [-0.25, -0.2) is 9.48 Å². The van der Waals surface area contributed by atoms with Crippen LogP contribution in [-0.2, 0) is 11.3 Å². The number of nitrogens with one attached hydrogen (secondary N) is 1. The van der Waals surface area contributed by atoms with Gasteiger partial charge in [0.25, 0.3) is 5.56 Å². The van der Waals surface area contributed by atoms with Crippen molar-refractivity contribution in [1.82, 2.24) is 15.1 Å². The Labute approximate surface area is 156 Å². The van der Waals surface area contributed by atoms with Gasteiger partial charge in [0.1, 0.15) is 11.1 Å². The number of fused-ring (bicyclic) bond motifs is 1. The summed E-state index contributed by atoms with van der Waals surface area (Å²) in [6.07, 6.45) is 5.07. The predicted molar refractivity (Wildman–Crippen MR) is 95.4 cm³/mol. The van der Waals surface area contributed by atoms with Gasteiger partial charge in [-0.2, -0.15) is 5.10 Å². The van der Waals surface area contributed by atoms with E-state index < -0.39 is 5.56 Å². The van der Waals surface area contributed by atoms with Crippen molar-refractivity contribution in [3.8, 4) is 0 Å². The molecule has 3 fully saturated rings. The Morgan fingerprint density at radius 1 is 1.38 bits per heavy atom. The van der Waals surface area contributed by atoms with Crippen LogP contribution in [0.3, 0.4) is 0 Å². The molecule has 0 aromatic carbocycles. The summed E-state index contributed by atoms with van der Waals surface area (Å²) in [5.74, 6) is 1.62. The molecule has 2 saturated carbocycles. The number of carbonyl (C=O) groups excluding carboxylic acids is 1. The van der Waals surface area contributed by atoms with Crippen LogP contribution in [0.4, 0.5) is 10.5 Å². The van der Waals surface area contributed by atoms with Crippen molar-refractivity contribution in [2.75, 3.05) is 24.6 Å². The van der Waals surface area contributed by atoms with Crippen LogP contribution in [-0.4, -0.2) is 52.8 Å². The second kappa shape index (κ2) is 7.08. The average Bonchev–Trinajstić information content (AvgIpc) is 3.00. The topological polar surface area (TPSA) is 96.7 Å². The van der Waals surface area contributed by atoms with Gasteiger partial charge in [0.15, 0.2) is 0 Å². The maximum absolute atomic E-state index is 12.2. The van der Waals surface area contributed by atoms with Crippen LogP contribution >= 0.6 is 11.6 Å². The van der Waals surface area contributed by atoms with Crippen LogP contribution in [0, 0.1) is 11.8 Å². The highest BCUT2D eigenvalue weighted by molar-refractivity contribution is 6.33. The Hall–Kier alpha value is -1.80. The number of ether oxygens (including phenoxy) is 1. The molecule has 2 heterocycles. The maximum Gasteiger partial charge on any atom is 0.407 e. The Morgan fingerprint density at radius 3 is 2.88 bits per heavy atom. The highest BCUT2D eigenvalue weighted by Gasteiger charge is 2.46. The third kappa shape index (κ3) is 3.53. The highest BCUT2D eigenvalue weighted by Crippen LogP contribution is 2.51. The van der Waals surface area contributed by atoms with E-state index in [1.54, 1.807) is 0 Å². The molecule has 9 heteroatoms. The number of alkyl carbamates (subject to hydrolysis) is 1. The first-order valence-electron chi connectivity index (χ1n) is 9.13. The number of halogens is 1. The number of aromatic nitrogens is 2. The molecule has 2 aliphatic carbocycles. The van der Waals surface area contributed by atoms with Gasteiger partial charge in [-0.1, -0.05) is 11.6 Å². The number of anilines is 1. The average molecular weight is 383 g/mol. The Morgan fingerprint density at radius 2 is 2.15 bits per heavy atom. The van der Waals surface area contributed by atoms with Crippen molar-refractivity contribution in [1.29, 1.82) is 0 Å². The van der Waals surface area contributed by atoms with E-state index in [0.717, 1.165) is 29.4 Å². The molecule has 4 rings (SSSR count). The van der Waals surface area contributed by atoms with E-state index in [9.17, 15) is 9.59 Å². The van der Waals surface area contributed by atoms with Gasteiger partial charge in [0.05, 0.1) is 31.6 Å². The van der Waals surface area contributed by atoms with Crippen molar-refractivity contribution >= 4 is 23.4 Å². The third-order valence-electron chi connectivity index (χ3n) is 5.60. The lowest BCUT2D eigenvalue weighted by Crippen LogP contribution is -2.37. The minimum Gasteiger partial charge on any atom is -0.444 e. The highest BCUT2D eigenvalue weighted by atomic mass is 35.5. The SMILES string of the molecule is O=C(NC1CC2CC2C1)O[C@@H]1CCN(c2cnn(CCO)c(=O)c2Cl)C1. The van der Waals surface area contributed by atoms with E-state index in [4.69, 9.17) is 21.4 Å². The van der Waals surface area contributed by atoms with E-state index >= 15 is 0 Å². The fourth-order valence-corrected chi connectivity index (χ4v) is 4.42. The molecule has 1 aromatic heterocycles. The molecule has 3 atom stereocenters. The molecule has 26 heavy (non-hydrogen) atoms. The van der Waals surface area contributed by atoms with Gasteiger partial charge in [-0.05, 0) is 31.1 Å². The first-order chi connectivity index (χ1) is 12.5. The second-order valence-corrected chi connectivity index (χ2v) is 7.80. The molecule has 1 amide bonds. The summed E-state index contributed by atoms with van der Waals surface area (Å²) >= 11 is 6.18. The van der Waals surface area contributed by atoms with E-state index in [2.05, 4.69) is 10.4 Å². The Balaban J connectivity index is 1.32. The maximum atomic E-state index is 12.2. The minimum absolute atomic E-state index is 0.0729. The van der Waals surface area contributed by atoms with Crippen LogP contribution in [0.15, 0.2) is 11.0 Å². The molecule has 2 unspecified atom stereocenters. The largest absolute Gasteiger partial charge is 0.444 e. The molecule has 0 radical (unpaired) electrons. The molecule has 1 saturated heterocycles. The molecule has 1 aliphatic heterocycles. The first kappa shape index (κ1) is 17.6. The van der Waals surface area contributed by atoms with E-state index in [1.165, 1.54) is 12.6 Å². The minimum atomic E-state index is -0.430. The van der Waals surface area contributed by atoms with Gasteiger partial charge in [0.2, 0.25) is 0 Å². The number of hydrogen-bond acceptors (Lipinski definition) is 6. The van der Waals surface area contributed by atoms with Crippen molar-refractivity contribution < 1.29 is 14.6 Å². The Kier molecular flexibility index (Phi) is 4.79. The summed E-state index contributed by atoms with van der Waals surface area (Å²) in [6.45, 7) is 1.04. The Bertz CT molecular complexity index is 745. The molecule has 1 aromatic rings. The van der Waals surface area contributed by atoms with Crippen LogP contribution in [0.1, 0.15) is 25.7 Å². The fraction of sp³-hybridized carbons (Fsp3) is 0.706. The van der Waals surface area contributed by atoms with Gasteiger partial charge in [0, 0.05) is 19.0 Å². The summed E-state index contributed by atoms with van der Waals surface area (Å²) in [5, 5.41) is 16.0. The zero-order valence-electron chi connectivity index (χ0n) is 14.4. The molecule has 8 nitrogen and oxygen atoms in total. The number of hydrogen-bond donors (Lipinski definition) is 2. The van der Waals surface area contributed by atoms with Gasteiger partial charge in [-0.15, -0.1) is 0 Å². The van der Waals surface area contributed by atoms with Crippen LogP contribution < -0.4 is 15.8 Å². The molecular weight excluding hydrogens is 360 g/mol. The standard InChI is InChI=1S/C17H23ClN4O4/c18-15-14(8-19-22(3-4-23)16(15)24)21-2-1-13(9-21)26-17(25)20-12-6-10-5-11(10)7-12/h8,10-13,23H,1-7,9H2,(H,20,25)/t10?,11?,12?,13-/m1/s1. The quantitative estimate of drug-likeness (QED) is 0.788. The molecule has 3 aliphatic rings. The smallest absolute Gasteiger partial charge is 0.407 e. The number of rotatable bonds is 5. The summed E-state index contributed by atoms with van der Waals surface area (Å²) in [4.78, 5) is 26.1. The second-order valence-electron chi connectivity index (χ2n) is 7.43. The van der Waals surface area contributed by atoms with Crippen LogP contribution in [0.5, 0.6) is 0 Å². The number of nitrogens with zero attached hydrogens (tertiary/aromatic N) is 3. The molecule has 0 spiro atoms. The molecule has 0 bridgehead atoms. The summed E-state index contributed by atoms with van der Waals surface area (Å²) in [7, 11) is 0. The number of aliphatic hydroxyl groups excluding tert-OH is 1. The summed E-state index contributed by atoms with van der Waals surface area (Å²) < 4.78 is 6.67. The summed E-state index contributed by atoms with van der Waals surface area (Å²) in [6, 6.07) is 0.251. The van der Waals surface area contributed by atoms with Gasteiger partial charge >= 0.3 is 6.09 Å². The van der Waals surface area contributed by atoms with Gasteiger partial charge < -0.3 is 20.1 Å². The molecular formula is C17H23ClN4O4. The van der Waals surface area contributed by atoms with Crippen molar-refractivity contribution in [3.05, 3.63) is 21.6 Å². The predicted octanol–water partition coefficient (Wildman–Crippen LogP) is 0.992. The fourth-order valence-electron chi connectivity index (χ4n) is 4.16. The van der Waals surface area contributed by atoms with E-state index in [-0.39, 0.29) is 36.4 Å². The number of carbonyl (C=O) groups is 1. The zero-order valence-corrected chi connectivity index (χ0v) is 15.2.